The van der Waals surface area contributed by atoms with Crippen LogP contribution in [0.15, 0.2) is 127 Å². The van der Waals surface area contributed by atoms with Gasteiger partial charge in [0.2, 0.25) is 0 Å². The summed E-state index contributed by atoms with van der Waals surface area (Å²) in [6.07, 6.45) is 9.29. The van der Waals surface area contributed by atoms with Crippen LogP contribution in [0.3, 0.4) is 0 Å². The zero-order valence-electron chi connectivity index (χ0n) is 26.8. The summed E-state index contributed by atoms with van der Waals surface area (Å²) in [7, 11) is 0. The Kier molecular flexibility index (Phi) is 6.18. The number of aromatic nitrogens is 1. The second kappa shape index (κ2) is 10.5. The van der Waals surface area contributed by atoms with Crippen LogP contribution in [0.2, 0.25) is 0 Å². The largest absolute Gasteiger partial charge is 0.309 e. The van der Waals surface area contributed by atoms with E-state index in [1.165, 1.54) is 87.6 Å². The maximum atomic E-state index is 2.51. The molecule has 2 aliphatic carbocycles. The quantitative estimate of drug-likeness (QED) is 0.176. The molecule has 1 nitrogen and oxygen atoms in total. The predicted molar refractivity (Wildman–Crippen MR) is 200 cm³/mol. The van der Waals surface area contributed by atoms with E-state index in [9.17, 15) is 0 Å². The van der Waals surface area contributed by atoms with E-state index in [1.54, 1.807) is 11.1 Å². The molecule has 1 aromatic heterocycles. The average Bonchev–Trinajstić information content (AvgIpc) is 3.44. The normalized spacial score (nSPS) is 14.3. The van der Waals surface area contributed by atoms with Gasteiger partial charge in [-0.15, -0.1) is 0 Å². The van der Waals surface area contributed by atoms with Crippen molar-refractivity contribution in [1.29, 1.82) is 0 Å². The van der Waals surface area contributed by atoms with E-state index in [4.69, 9.17) is 0 Å². The van der Waals surface area contributed by atoms with Gasteiger partial charge in [-0.25, -0.2) is 0 Å². The zero-order valence-corrected chi connectivity index (χ0v) is 26.8. The fourth-order valence-electron chi connectivity index (χ4n) is 8.40. The van der Waals surface area contributed by atoms with Crippen molar-refractivity contribution in [1.82, 2.24) is 4.57 Å². The van der Waals surface area contributed by atoms with Gasteiger partial charge < -0.3 is 4.57 Å². The van der Waals surface area contributed by atoms with Crippen molar-refractivity contribution in [2.75, 3.05) is 0 Å². The number of rotatable bonds is 2. The van der Waals surface area contributed by atoms with Crippen LogP contribution < -0.4 is 0 Å². The van der Waals surface area contributed by atoms with Crippen molar-refractivity contribution >= 4 is 59.7 Å². The minimum absolute atomic E-state index is 1.11. The highest BCUT2D eigenvalue weighted by Crippen LogP contribution is 2.44. The maximum Gasteiger partial charge on any atom is 0.0620 e. The SMILES string of the molecule is CC.Cc1ccc2c3cc4ccc5cccc6ccc(c4c56)c3n(-c3ccc(-c4cccc5c4CCC4=C5CCC=C4)cc3)c2c1. The summed E-state index contributed by atoms with van der Waals surface area (Å²) in [5.41, 5.74) is 13.8. The Labute approximate surface area is 270 Å². The number of allylic oxidation sites excluding steroid dienone is 4. The first-order chi connectivity index (χ1) is 22.7. The smallest absolute Gasteiger partial charge is 0.0620 e. The van der Waals surface area contributed by atoms with Crippen molar-refractivity contribution in [3.05, 3.63) is 144 Å². The molecule has 1 heteroatoms. The van der Waals surface area contributed by atoms with Crippen LogP contribution in [0.5, 0.6) is 0 Å². The van der Waals surface area contributed by atoms with E-state index in [0.717, 1.165) is 25.7 Å². The minimum Gasteiger partial charge on any atom is -0.309 e. The lowest BCUT2D eigenvalue weighted by atomic mass is 9.78. The highest BCUT2D eigenvalue weighted by molar-refractivity contribution is 6.31. The van der Waals surface area contributed by atoms with E-state index in [-0.39, 0.29) is 0 Å². The third-order valence-electron chi connectivity index (χ3n) is 10.4. The molecule has 0 amide bonds. The second-order valence-electron chi connectivity index (χ2n) is 12.8. The predicted octanol–water partition coefficient (Wildman–Crippen LogP) is 12.7. The molecular weight excluding hydrogens is 555 g/mol. The summed E-state index contributed by atoms with van der Waals surface area (Å²) in [5, 5.41) is 10.6. The van der Waals surface area contributed by atoms with Crippen molar-refractivity contribution in [3.8, 4) is 16.8 Å². The monoisotopic (exact) mass is 591 g/mol. The first kappa shape index (κ1) is 27.2. The van der Waals surface area contributed by atoms with Gasteiger partial charge >= 0.3 is 0 Å². The van der Waals surface area contributed by atoms with Gasteiger partial charge in [0.15, 0.2) is 0 Å². The van der Waals surface area contributed by atoms with Gasteiger partial charge in [-0.3, -0.25) is 0 Å². The molecule has 10 rings (SSSR count). The maximum absolute atomic E-state index is 2.51. The Morgan fingerprint density at radius 2 is 1.33 bits per heavy atom. The van der Waals surface area contributed by atoms with Crippen molar-refractivity contribution < 1.29 is 0 Å². The Hall–Kier alpha value is -5.14. The summed E-state index contributed by atoms with van der Waals surface area (Å²) >= 11 is 0. The molecule has 46 heavy (non-hydrogen) atoms. The van der Waals surface area contributed by atoms with Crippen LogP contribution in [0.25, 0.3) is 76.5 Å². The molecule has 222 valence electrons. The molecule has 0 N–H and O–H groups in total. The molecule has 1 heterocycles. The molecule has 0 fully saturated rings. The summed E-state index contributed by atoms with van der Waals surface area (Å²) in [5.74, 6) is 0. The molecule has 0 saturated carbocycles. The highest BCUT2D eigenvalue weighted by atomic mass is 15.0. The molecule has 0 radical (unpaired) electrons. The molecule has 0 aliphatic heterocycles. The van der Waals surface area contributed by atoms with Crippen molar-refractivity contribution in [3.63, 3.8) is 0 Å². The summed E-state index contributed by atoms with van der Waals surface area (Å²) in [4.78, 5) is 0. The average molecular weight is 592 g/mol. The van der Waals surface area contributed by atoms with Gasteiger partial charge in [-0.05, 0) is 123 Å². The van der Waals surface area contributed by atoms with Crippen LogP contribution in [0, 0.1) is 6.92 Å². The number of nitrogens with zero attached hydrogens (tertiary/aromatic N) is 1. The van der Waals surface area contributed by atoms with Crippen LogP contribution in [0.4, 0.5) is 0 Å². The van der Waals surface area contributed by atoms with E-state index in [0.29, 0.717) is 0 Å². The number of aryl methyl sites for hydroxylation is 1. The Balaban J connectivity index is 0.00000143. The fraction of sp³-hybridized carbons (Fsp3) is 0.156. The Morgan fingerprint density at radius 1 is 0.587 bits per heavy atom. The third kappa shape index (κ3) is 3.88. The van der Waals surface area contributed by atoms with Gasteiger partial charge in [0.25, 0.3) is 0 Å². The molecule has 0 spiro atoms. The number of hydrogen-bond acceptors (Lipinski definition) is 0. The molecule has 0 atom stereocenters. The number of fused-ring (bicyclic) bond motifs is 6. The fourth-order valence-corrected chi connectivity index (χ4v) is 8.40. The van der Waals surface area contributed by atoms with E-state index in [2.05, 4.69) is 133 Å². The molecule has 8 aromatic rings. The first-order valence-corrected chi connectivity index (χ1v) is 17.0. The van der Waals surface area contributed by atoms with Crippen LogP contribution in [0.1, 0.15) is 49.8 Å². The zero-order chi connectivity index (χ0) is 30.9. The molecule has 2 aliphatic rings. The van der Waals surface area contributed by atoms with Crippen molar-refractivity contribution in [2.24, 2.45) is 0 Å². The van der Waals surface area contributed by atoms with E-state index in [1.807, 2.05) is 13.8 Å². The lowest BCUT2D eigenvalue weighted by Gasteiger charge is -2.26. The van der Waals surface area contributed by atoms with Gasteiger partial charge in [-0.2, -0.15) is 0 Å². The van der Waals surface area contributed by atoms with Crippen molar-refractivity contribution in [2.45, 2.75) is 46.5 Å². The lowest BCUT2D eigenvalue weighted by Crippen LogP contribution is -2.07. The molecule has 0 bridgehead atoms. The van der Waals surface area contributed by atoms with Crippen LogP contribution in [-0.2, 0) is 6.42 Å². The number of hydrogen-bond donors (Lipinski definition) is 0. The lowest BCUT2D eigenvalue weighted by molar-refractivity contribution is 0.898. The highest BCUT2D eigenvalue weighted by Gasteiger charge is 2.22. The molecule has 7 aromatic carbocycles. The second-order valence-corrected chi connectivity index (χ2v) is 12.8. The van der Waals surface area contributed by atoms with Gasteiger partial charge in [0.1, 0.15) is 0 Å². The van der Waals surface area contributed by atoms with Crippen LogP contribution in [-0.4, -0.2) is 4.57 Å². The standard InChI is InChI=1S/C43H31N.C2H6/c1-26-12-21-37-39-25-31-14-13-29-7-4-8-30-18-23-38(42(31)41(29)30)43(39)44(40(37)24-26)32-19-15-28(16-20-32)34-10-5-11-35-33-9-3-2-6-27(33)17-22-36(34)35;1-2/h2,4-8,10-16,18-21,23-25H,3,9,17,22H2,1H3;1-2H3. The Morgan fingerprint density at radius 3 is 2.17 bits per heavy atom. The summed E-state index contributed by atoms with van der Waals surface area (Å²) < 4.78 is 2.51. The Bertz CT molecular complexity index is 2520. The molecular formula is C45H37N. The van der Waals surface area contributed by atoms with Gasteiger partial charge in [-0.1, -0.05) is 111 Å². The third-order valence-corrected chi connectivity index (χ3v) is 10.4. The summed E-state index contributed by atoms with van der Waals surface area (Å²) in [6.45, 7) is 6.20. The topological polar surface area (TPSA) is 4.93 Å². The van der Waals surface area contributed by atoms with Crippen LogP contribution >= 0.6 is 0 Å². The van der Waals surface area contributed by atoms with E-state index < -0.39 is 0 Å². The number of benzene rings is 7. The summed E-state index contributed by atoms with van der Waals surface area (Å²) in [6, 6.07) is 41.5. The van der Waals surface area contributed by atoms with E-state index >= 15 is 0 Å². The molecule has 0 saturated heterocycles. The first-order valence-electron chi connectivity index (χ1n) is 17.0. The van der Waals surface area contributed by atoms with Gasteiger partial charge in [0.05, 0.1) is 11.0 Å². The van der Waals surface area contributed by atoms with Gasteiger partial charge in [0, 0.05) is 21.8 Å². The minimum atomic E-state index is 1.11. The molecule has 0 unspecified atom stereocenters.